The number of imide groups is 1. The van der Waals surface area contributed by atoms with E-state index in [0.29, 0.717) is 6.42 Å². The topological polar surface area (TPSA) is 58.2 Å². The van der Waals surface area contributed by atoms with Crippen molar-refractivity contribution in [2.45, 2.75) is 25.8 Å². The van der Waals surface area contributed by atoms with Crippen LogP contribution in [0.1, 0.15) is 19.8 Å². The lowest BCUT2D eigenvalue weighted by molar-refractivity contribution is -0.119. The molecule has 0 spiro atoms. The molecule has 2 N–H and O–H groups in total. The second-order valence-electron chi connectivity index (χ2n) is 2.99. The Kier molecular flexibility index (Phi) is 3.91. The summed E-state index contributed by atoms with van der Waals surface area (Å²) < 4.78 is 0. The van der Waals surface area contributed by atoms with Crippen LogP contribution in [-0.4, -0.2) is 18.0 Å². The van der Waals surface area contributed by atoms with E-state index in [1.807, 2.05) is 24.3 Å². The number of carbonyl (C=O) groups is 2. The van der Waals surface area contributed by atoms with Crippen molar-refractivity contribution in [1.29, 1.82) is 0 Å². The summed E-state index contributed by atoms with van der Waals surface area (Å²) >= 11 is 0. The third-order valence-electron chi connectivity index (χ3n) is 1.83. The predicted octanol–water partition coefficient (Wildman–Crippen LogP) is 1.11. The molecule has 14 heavy (non-hydrogen) atoms. The van der Waals surface area contributed by atoms with Gasteiger partial charge in [0.1, 0.15) is 0 Å². The zero-order chi connectivity index (χ0) is 10.4. The van der Waals surface area contributed by atoms with Gasteiger partial charge in [0, 0.05) is 6.42 Å². The summed E-state index contributed by atoms with van der Waals surface area (Å²) in [5.74, 6) is -0.272. The van der Waals surface area contributed by atoms with E-state index in [1.54, 1.807) is 6.92 Å². The van der Waals surface area contributed by atoms with Crippen molar-refractivity contribution in [3.8, 4) is 0 Å². The molecule has 3 amide bonds. The van der Waals surface area contributed by atoms with E-state index in [2.05, 4.69) is 10.6 Å². The van der Waals surface area contributed by atoms with E-state index < -0.39 is 6.03 Å². The molecule has 0 fully saturated rings. The van der Waals surface area contributed by atoms with Crippen LogP contribution in [0.4, 0.5) is 4.79 Å². The van der Waals surface area contributed by atoms with Crippen LogP contribution in [0.2, 0.25) is 0 Å². The van der Waals surface area contributed by atoms with Crippen molar-refractivity contribution >= 4 is 11.9 Å². The van der Waals surface area contributed by atoms with Crippen LogP contribution in [0, 0.1) is 0 Å². The Morgan fingerprint density at radius 3 is 2.57 bits per heavy atom. The number of urea groups is 1. The standard InChI is InChI=1S/C10H14N2O2/c1-2-9(13)12-10(14)11-8-6-4-3-5-7-8/h4-8H,2-3H2,1H3,(H2,11,12,13,14). The fourth-order valence-corrected chi connectivity index (χ4v) is 1.09. The normalized spacial score (nSPS) is 15.2. The zero-order valence-corrected chi connectivity index (χ0v) is 8.12. The first-order valence-corrected chi connectivity index (χ1v) is 4.66. The van der Waals surface area contributed by atoms with Gasteiger partial charge in [-0.1, -0.05) is 31.2 Å². The minimum atomic E-state index is -0.446. The Bertz CT molecular complexity index is 270. The Hall–Kier alpha value is -1.58. The van der Waals surface area contributed by atoms with Crippen molar-refractivity contribution in [2.75, 3.05) is 0 Å². The van der Waals surface area contributed by atoms with Crippen molar-refractivity contribution < 1.29 is 9.59 Å². The van der Waals surface area contributed by atoms with E-state index in [9.17, 15) is 9.59 Å². The van der Waals surface area contributed by atoms with Crippen LogP contribution >= 0.6 is 0 Å². The maximum absolute atomic E-state index is 11.2. The molecule has 0 aliphatic heterocycles. The van der Waals surface area contributed by atoms with E-state index in [4.69, 9.17) is 0 Å². The Morgan fingerprint density at radius 2 is 2.00 bits per heavy atom. The molecule has 0 saturated carbocycles. The van der Waals surface area contributed by atoms with Crippen LogP contribution in [-0.2, 0) is 4.79 Å². The fraction of sp³-hybridized carbons (Fsp3) is 0.400. The molecule has 1 aliphatic rings. The van der Waals surface area contributed by atoms with E-state index in [-0.39, 0.29) is 11.9 Å². The largest absolute Gasteiger partial charge is 0.328 e. The van der Waals surface area contributed by atoms with Gasteiger partial charge >= 0.3 is 6.03 Å². The molecule has 0 saturated heterocycles. The monoisotopic (exact) mass is 194 g/mol. The van der Waals surface area contributed by atoms with Gasteiger partial charge in [0.2, 0.25) is 5.91 Å². The summed E-state index contributed by atoms with van der Waals surface area (Å²) in [5.41, 5.74) is 0. The summed E-state index contributed by atoms with van der Waals surface area (Å²) in [7, 11) is 0. The Balaban J connectivity index is 2.33. The third kappa shape index (κ3) is 3.43. The van der Waals surface area contributed by atoms with E-state index in [1.165, 1.54) is 0 Å². The number of hydrogen-bond donors (Lipinski definition) is 2. The number of carbonyl (C=O) groups excluding carboxylic acids is 2. The molecular weight excluding hydrogens is 180 g/mol. The van der Waals surface area contributed by atoms with Gasteiger partial charge in [-0.2, -0.15) is 0 Å². The highest BCUT2D eigenvalue weighted by Gasteiger charge is 2.09. The number of allylic oxidation sites excluding steroid dienone is 2. The summed E-state index contributed by atoms with van der Waals surface area (Å²) in [6, 6.07) is -0.550. The molecule has 4 nitrogen and oxygen atoms in total. The summed E-state index contributed by atoms with van der Waals surface area (Å²) in [6.07, 6.45) is 8.91. The first-order valence-electron chi connectivity index (χ1n) is 4.66. The first-order chi connectivity index (χ1) is 6.72. The van der Waals surface area contributed by atoms with Crippen molar-refractivity contribution in [2.24, 2.45) is 0 Å². The molecule has 76 valence electrons. The van der Waals surface area contributed by atoms with Gasteiger partial charge in [-0.15, -0.1) is 0 Å². The molecule has 0 heterocycles. The van der Waals surface area contributed by atoms with Crippen molar-refractivity contribution in [3.63, 3.8) is 0 Å². The average molecular weight is 194 g/mol. The molecular formula is C10H14N2O2. The number of hydrogen-bond acceptors (Lipinski definition) is 2. The summed E-state index contributed by atoms with van der Waals surface area (Å²) in [6.45, 7) is 1.70. The van der Waals surface area contributed by atoms with Gasteiger partial charge < -0.3 is 5.32 Å². The van der Waals surface area contributed by atoms with Crippen LogP contribution in [0.25, 0.3) is 0 Å². The molecule has 0 aromatic carbocycles. The molecule has 4 heteroatoms. The van der Waals surface area contributed by atoms with Gasteiger partial charge in [0.15, 0.2) is 0 Å². The van der Waals surface area contributed by atoms with Crippen LogP contribution < -0.4 is 10.6 Å². The highest BCUT2D eigenvalue weighted by atomic mass is 16.2. The van der Waals surface area contributed by atoms with Crippen molar-refractivity contribution in [3.05, 3.63) is 24.3 Å². The summed E-state index contributed by atoms with van der Waals surface area (Å²) in [4.78, 5) is 22.0. The lowest BCUT2D eigenvalue weighted by Crippen LogP contribution is -2.43. The smallest absolute Gasteiger partial charge is 0.322 e. The molecule has 0 aromatic heterocycles. The van der Waals surface area contributed by atoms with Crippen LogP contribution in [0.5, 0.6) is 0 Å². The fourth-order valence-electron chi connectivity index (χ4n) is 1.09. The lowest BCUT2D eigenvalue weighted by atomic mass is 10.1. The second-order valence-corrected chi connectivity index (χ2v) is 2.99. The molecule has 0 aromatic rings. The molecule has 0 atom stereocenters. The highest BCUT2D eigenvalue weighted by Crippen LogP contribution is 2.00. The number of rotatable bonds is 2. The Morgan fingerprint density at radius 1 is 1.36 bits per heavy atom. The van der Waals surface area contributed by atoms with Crippen LogP contribution in [0.3, 0.4) is 0 Å². The molecule has 1 aliphatic carbocycles. The lowest BCUT2D eigenvalue weighted by Gasteiger charge is -2.13. The van der Waals surface area contributed by atoms with Gasteiger partial charge in [0.05, 0.1) is 6.04 Å². The van der Waals surface area contributed by atoms with Gasteiger partial charge in [-0.25, -0.2) is 4.79 Å². The minimum absolute atomic E-state index is 0.103. The second kappa shape index (κ2) is 5.21. The summed E-state index contributed by atoms with van der Waals surface area (Å²) in [5, 5.41) is 4.86. The van der Waals surface area contributed by atoms with E-state index >= 15 is 0 Å². The van der Waals surface area contributed by atoms with Gasteiger partial charge in [0.25, 0.3) is 0 Å². The first kappa shape index (κ1) is 10.5. The highest BCUT2D eigenvalue weighted by molar-refractivity contribution is 5.94. The Labute approximate surface area is 83.1 Å². The molecule has 0 radical (unpaired) electrons. The minimum Gasteiger partial charge on any atom is -0.328 e. The molecule has 0 bridgehead atoms. The zero-order valence-electron chi connectivity index (χ0n) is 8.12. The molecule has 0 unspecified atom stereocenters. The van der Waals surface area contributed by atoms with Gasteiger partial charge in [-0.05, 0) is 6.42 Å². The maximum atomic E-state index is 11.2. The number of nitrogens with one attached hydrogen (secondary N) is 2. The molecule has 1 rings (SSSR count). The van der Waals surface area contributed by atoms with E-state index in [0.717, 1.165) is 6.42 Å². The third-order valence-corrected chi connectivity index (χ3v) is 1.83. The SMILES string of the molecule is CCC(=O)NC(=O)NC1C=CCC=C1. The van der Waals surface area contributed by atoms with Crippen LogP contribution in [0.15, 0.2) is 24.3 Å². The maximum Gasteiger partial charge on any atom is 0.322 e. The predicted molar refractivity (Wildman–Crippen MR) is 53.7 cm³/mol. The van der Waals surface area contributed by atoms with Gasteiger partial charge in [-0.3, -0.25) is 10.1 Å². The quantitative estimate of drug-likeness (QED) is 0.647. The average Bonchev–Trinajstić information content (AvgIpc) is 2.19. The number of amides is 3. The van der Waals surface area contributed by atoms with Crippen molar-refractivity contribution in [1.82, 2.24) is 10.6 Å².